The van der Waals surface area contributed by atoms with E-state index in [4.69, 9.17) is 4.42 Å². The Labute approximate surface area is 135 Å². The lowest BCUT2D eigenvalue weighted by Gasteiger charge is -2.20. The van der Waals surface area contributed by atoms with E-state index >= 15 is 0 Å². The van der Waals surface area contributed by atoms with Gasteiger partial charge in [0.1, 0.15) is 11.6 Å². The molecule has 0 atom stereocenters. The van der Waals surface area contributed by atoms with Gasteiger partial charge in [-0.3, -0.25) is 9.69 Å². The second-order valence-electron chi connectivity index (χ2n) is 6.08. The first-order chi connectivity index (χ1) is 11.1. The Kier molecular flexibility index (Phi) is 4.76. The number of hydrogen-bond donors (Lipinski definition) is 1. The Balaban J connectivity index is 1.51. The highest BCUT2D eigenvalue weighted by Gasteiger charge is 2.30. The summed E-state index contributed by atoms with van der Waals surface area (Å²) < 4.78 is 18.6. The summed E-state index contributed by atoms with van der Waals surface area (Å²) in [6, 6.07) is 9.15. The van der Waals surface area contributed by atoms with Crippen molar-refractivity contribution in [2.45, 2.75) is 38.9 Å². The molecule has 4 nitrogen and oxygen atoms in total. The van der Waals surface area contributed by atoms with Gasteiger partial charge in [0.2, 0.25) is 5.91 Å². The molecule has 1 amide bonds. The minimum atomic E-state index is -0.224. The molecule has 1 fully saturated rings. The van der Waals surface area contributed by atoms with Gasteiger partial charge in [-0.05, 0) is 49.1 Å². The van der Waals surface area contributed by atoms with Crippen LogP contribution >= 0.6 is 0 Å². The molecule has 0 unspecified atom stereocenters. The van der Waals surface area contributed by atoms with Crippen LogP contribution in [0.1, 0.15) is 29.7 Å². The van der Waals surface area contributed by atoms with Gasteiger partial charge >= 0.3 is 0 Å². The zero-order valence-electron chi connectivity index (χ0n) is 13.2. The highest BCUT2D eigenvalue weighted by atomic mass is 19.1. The van der Waals surface area contributed by atoms with Crippen molar-refractivity contribution in [1.82, 2.24) is 10.2 Å². The van der Waals surface area contributed by atoms with Crippen LogP contribution in [-0.4, -0.2) is 23.4 Å². The van der Waals surface area contributed by atoms with E-state index in [1.54, 1.807) is 25.3 Å². The molecule has 1 heterocycles. The third kappa shape index (κ3) is 4.42. The average Bonchev–Trinajstić information content (AvgIpc) is 3.26. The number of aryl methyl sites for hydroxylation is 1. The quantitative estimate of drug-likeness (QED) is 0.854. The van der Waals surface area contributed by atoms with Crippen LogP contribution in [0.15, 0.2) is 41.0 Å². The maximum atomic E-state index is 13.2. The van der Waals surface area contributed by atoms with Crippen molar-refractivity contribution in [2.24, 2.45) is 0 Å². The molecule has 5 heteroatoms. The molecule has 0 aliphatic heterocycles. The standard InChI is InChI=1S/C18H21FN2O2/c1-13-9-14(4-7-17(13)19)10-20-18(22)12-21(15-5-6-15)11-16-3-2-8-23-16/h2-4,7-9,15H,5-6,10-12H2,1H3,(H,20,22). The van der Waals surface area contributed by atoms with Crippen LogP contribution in [-0.2, 0) is 17.9 Å². The fourth-order valence-corrected chi connectivity index (χ4v) is 2.61. The van der Waals surface area contributed by atoms with Crippen LogP contribution in [0.25, 0.3) is 0 Å². The summed E-state index contributed by atoms with van der Waals surface area (Å²) in [6.45, 7) is 3.14. The zero-order valence-corrected chi connectivity index (χ0v) is 13.2. The maximum absolute atomic E-state index is 13.2. The van der Waals surface area contributed by atoms with Crippen LogP contribution < -0.4 is 5.32 Å². The van der Waals surface area contributed by atoms with Crippen LogP contribution in [0.5, 0.6) is 0 Å². The molecule has 1 aromatic carbocycles. The molecule has 3 rings (SSSR count). The van der Waals surface area contributed by atoms with Crippen molar-refractivity contribution in [3.8, 4) is 0 Å². The Morgan fingerprint density at radius 3 is 2.87 bits per heavy atom. The smallest absolute Gasteiger partial charge is 0.234 e. The molecule has 1 aromatic heterocycles. The number of amides is 1. The van der Waals surface area contributed by atoms with Crippen LogP contribution in [0.3, 0.4) is 0 Å². The largest absolute Gasteiger partial charge is 0.468 e. The maximum Gasteiger partial charge on any atom is 0.234 e. The van der Waals surface area contributed by atoms with Gasteiger partial charge in [-0.1, -0.05) is 12.1 Å². The molecule has 0 radical (unpaired) electrons. The van der Waals surface area contributed by atoms with Crippen molar-refractivity contribution in [3.05, 3.63) is 59.3 Å². The number of rotatable bonds is 7. The summed E-state index contributed by atoms with van der Waals surface area (Å²) >= 11 is 0. The number of carbonyl (C=O) groups is 1. The fourth-order valence-electron chi connectivity index (χ4n) is 2.61. The molecular weight excluding hydrogens is 295 g/mol. The second-order valence-corrected chi connectivity index (χ2v) is 6.08. The summed E-state index contributed by atoms with van der Waals surface area (Å²) in [4.78, 5) is 14.3. The van der Waals surface area contributed by atoms with Crippen LogP contribution in [0, 0.1) is 12.7 Å². The summed E-state index contributed by atoms with van der Waals surface area (Å²) in [5.41, 5.74) is 1.50. The van der Waals surface area contributed by atoms with E-state index in [0.717, 1.165) is 24.2 Å². The van der Waals surface area contributed by atoms with E-state index in [2.05, 4.69) is 10.2 Å². The van der Waals surface area contributed by atoms with Gasteiger partial charge in [0.15, 0.2) is 0 Å². The molecule has 1 aliphatic carbocycles. The lowest BCUT2D eigenvalue weighted by molar-refractivity contribution is -0.122. The second kappa shape index (κ2) is 6.96. The lowest BCUT2D eigenvalue weighted by Crippen LogP contribution is -2.37. The van der Waals surface area contributed by atoms with E-state index in [0.29, 0.717) is 31.2 Å². The highest BCUT2D eigenvalue weighted by Crippen LogP contribution is 2.28. The summed E-state index contributed by atoms with van der Waals surface area (Å²) in [5.74, 6) is 0.628. The predicted octanol–water partition coefficient (Wildman–Crippen LogP) is 3.01. The van der Waals surface area contributed by atoms with Crippen molar-refractivity contribution < 1.29 is 13.6 Å². The fraction of sp³-hybridized carbons (Fsp3) is 0.389. The Morgan fingerprint density at radius 1 is 1.39 bits per heavy atom. The summed E-state index contributed by atoms with van der Waals surface area (Å²) in [6.07, 6.45) is 3.91. The SMILES string of the molecule is Cc1cc(CNC(=O)CN(Cc2ccco2)C2CC2)ccc1F. The molecule has 0 spiro atoms. The van der Waals surface area contributed by atoms with Gasteiger partial charge in [-0.25, -0.2) is 4.39 Å². The van der Waals surface area contributed by atoms with E-state index in [1.165, 1.54) is 6.07 Å². The number of nitrogens with zero attached hydrogens (tertiary/aromatic N) is 1. The number of nitrogens with one attached hydrogen (secondary N) is 1. The van der Waals surface area contributed by atoms with Crippen LogP contribution in [0.4, 0.5) is 4.39 Å². The predicted molar refractivity (Wildman–Crippen MR) is 85.1 cm³/mol. The number of benzene rings is 1. The minimum absolute atomic E-state index is 0.0227. The Hall–Kier alpha value is -2.14. The van der Waals surface area contributed by atoms with Gasteiger partial charge in [-0.2, -0.15) is 0 Å². The number of furan rings is 1. The topological polar surface area (TPSA) is 45.5 Å². The molecule has 23 heavy (non-hydrogen) atoms. The van der Waals surface area contributed by atoms with E-state index in [-0.39, 0.29) is 11.7 Å². The monoisotopic (exact) mass is 316 g/mol. The van der Waals surface area contributed by atoms with Crippen molar-refractivity contribution >= 4 is 5.91 Å². The first-order valence-electron chi connectivity index (χ1n) is 7.90. The summed E-state index contributed by atoms with van der Waals surface area (Å²) in [5, 5.41) is 2.90. The highest BCUT2D eigenvalue weighted by molar-refractivity contribution is 5.78. The van der Waals surface area contributed by atoms with Gasteiger partial charge in [-0.15, -0.1) is 0 Å². The molecule has 0 saturated heterocycles. The zero-order chi connectivity index (χ0) is 16.2. The van der Waals surface area contributed by atoms with Crippen molar-refractivity contribution in [1.29, 1.82) is 0 Å². The number of hydrogen-bond acceptors (Lipinski definition) is 3. The van der Waals surface area contributed by atoms with Crippen molar-refractivity contribution in [3.63, 3.8) is 0 Å². The Bertz CT molecular complexity index is 666. The Morgan fingerprint density at radius 2 is 2.22 bits per heavy atom. The van der Waals surface area contributed by atoms with Gasteiger partial charge in [0.25, 0.3) is 0 Å². The number of carbonyl (C=O) groups excluding carboxylic acids is 1. The third-order valence-electron chi connectivity index (χ3n) is 4.06. The van der Waals surface area contributed by atoms with Crippen LogP contribution in [0.2, 0.25) is 0 Å². The molecule has 1 saturated carbocycles. The molecule has 2 aromatic rings. The first-order valence-corrected chi connectivity index (χ1v) is 7.90. The molecular formula is C18H21FN2O2. The lowest BCUT2D eigenvalue weighted by atomic mass is 10.1. The minimum Gasteiger partial charge on any atom is -0.468 e. The average molecular weight is 316 g/mol. The summed E-state index contributed by atoms with van der Waals surface area (Å²) in [7, 11) is 0. The normalized spacial score (nSPS) is 14.2. The number of halogens is 1. The van der Waals surface area contributed by atoms with E-state index < -0.39 is 0 Å². The van der Waals surface area contributed by atoms with E-state index in [9.17, 15) is 9.18 Å². The third-order valence-corrected chi connectivity index (χ3v) is 4.06. The molecule has 1 N–H and O–H groups in total. The first kappa shape index (κ1) is 15.7. The van der Waals surface area contributed by atoms with Gasteiger partial charge in [0, 0.05) is 12.6 Å². The van der Waals surface area contributed by atoms with Gasteiger partial charge in [0.05, 0.1) is 19.4 Å². The molecule has 0 bridgehead atoms. The van der Waals surface area contributed by atoms with Gasteiger partial charge < -0.3 is 9.73 Å². The molecule has 1 aliphatic rings. The van der Waals surface area contributed by atoms with Crippen molar-refractivity contribution in [2.75, 3.05) is 6.54 Å². The molecule has 122 valence electrons. The van der Waals surface area contributed by atoms with E-state index in [1.807, 2.05) is 12.1 Å².